The summed E-state index contributed by atoms with van der Waals surface area (Å²) in [4.78, 5) is 11.9. The molecule has 3 rings (SSSR count). The monoisotopic (exact) mass is 247 g/mol. The van der Waals surface area contributed by atoms with Crippen LogP contribution in [-0.4, -0.2) is 17.5 Å². The van der Waals surface area contributed by atoms with E-state index in [2.05, 4.69) is 6.07 Å². The van der Waals surface area contributed by atoms with Gasteiger partial charge in [0.2, 0.25) is 0 Å². The van der Waals surface area contributed by atoms with Crippen molar-refractivity contribution in [2.75, 3.05) is 0 Å². The van der Waals surface area contributed by atoms with Gasteiger partial charge in [-0.05, 0) is 44.9 Å². The smallest absolute Gasteiger partial charge is 0.153 e. The van der Waals surface area contributed by atoms with E-state index in [-0.39, 0.29) is 17.5 Å². The third-order valence-electron chi connectivity index (χ3n) is 5.18. The quantitative estimate of drug-likeness (QED) is 0.753. The van der Waals surface area contributed by atoms with E-state index in [0.29, 0.717) is 12.8 Å². The Bertz CT molecular complexity index is 392. The predicted octanol–water partition coefficient (Wildman–Crippen LogP) is 3.13. The van der Waals surface area contributed by atoms with Gasteiger partial charge >= 0.3 is 0 Å². The van der Waals surface area contributed by atoms with Crippen LogP contribution >= 0.6 is 0 Å². The lowest BCUT2D eigenvalue weighted by Gasteiger charge is -2.27. The molecule has 3 aliphatic rings. The first-order valence-corrected chi connectivity index (χ1v) is 7.31. The lowest BCUT2D eigenvalue weighted by molar-refractivity contribution is -0.126. The first kappa shape index (κ1) is 12.2. The van der Waals surface area contributed by atoms with Crippen LogP contribution in [0.3, 0.4) is 0 Å². The van der Waals surface area contributed by atoms with Gasteiger partial charge in [0, 0.05) is 6.42 Å². The molecule has 18 heavy (non-hydrogen) atoms. The van der Waals surface area contributed by atoms with Crippen LogP contribution in [0, 0.1) is 16.7 Å². The molecular formula is C15H21NO2. The molecule has 3 heteroatoms. The number of ether oxygens (including phenoxy) is 1. The Labute approximate surface area is 108 Å². The number of nitrogens with zero attached hydrogens (tertiary/aromatic N) is 1. The molecule has 0 radical (unpaired) electrons. The molecule has 2 atom stereocenters. The van der Waals surface area contributed by atoms with Gasteiger partial charge in [-0.15, -0.1) is 0 Å². The number of hydrogen-bond acceptors (Lipinski definition) is 3. The largest absolute Gasteiger partial charge is 0.372 e. The molecule has 3 fully saturated rings. The molecule has 0 N–H and O–H groups in total. The maximum absolute atomic E-state index is 11.9. The lowest BCUT2D eigenvalue weighted by Crippen LogP contribution is -2.31. The van der Waals surface area contributed by atoms with Gasteiger partial charge in [0.1, 0.15) is 5.41 Å². The van der Waals surface area contributed by atoms with Crippen LogP contribution in [0.15, 0.2) is 0 Å². The van der Waals surface area contributed by atoms with Crippen LogP contribution in [0.2, 0.25) is 0 Å². The first-order chi connectivity index (χ1) is 8.68. The van der Waals surface area contributed by atoms with Crippen molar-refractivity contribution in [1.82, 2.24) is 0 Å². The van der Waals surface area contributed by atoms with Gasteiger partial charge in [0.25, 0.3) is 0 Å². The highest BCUT2D eigenvalue weighted by Gasteiger charge is 2.48. The highest BCUT2D eigenvalue weighted by atomic mass is 16.5. The fraction of sp³-hybridized carbons (Fsp3) is 0.867. The summed E-state index contributed by atoms with van der Waals surface area (Å²) in [6.07, 6.45) is 10.1. The minimum Gasteiger partial charge on any atom is -0.372 e. The van der Waals surface area contributed by atoms with Gasteiger partial charge in [-0.1, -0.05) is 12.8 Å². The average Bonchev–Trinajstić information content (AvgIpc) is 3.06. The Balaban J connectivity index is 1.67. The molecule has 0 aromatic rings. The highest BCUT2D eigenvalue weighted by molar-refractivity contribution is 5.89. The number of rotatable bonds is 2. The fourth-order valence-corrected chi connectivity index (χ4v) is 4.12. The number of ketones is 1. The van der Waals surface area contributed by atoms with E-state index in [1.54, 1.807) is 0 Å². The van der Waals surface area contributed by atoms with Crippen molar-refractivity contribution in [2.24, 2.45) is 5.41 Å². The third-order valence-corrected chi connectivity index (χ3v) is 5.18. The van der Waals surface area contributed by atoms with Crippen LogP contribution in [0.25, 0.3) is 0 Å². The van der Waals surface area contributed by atoms with Crippen LogP contribution in [0.1, 0.15) is 64.2 Å². The fourth-order valence-electron chi connectivity index (χ4n) is 4.12. The second-order valence-corrected chi connectivity index (χ2v) is 6.34. The maximum Gasteiger partial charge on any atom is 0.153 e. The van der Waals surface area contributed by atoms with Gasteiger partial charge in [0.15, 0.2) is 5.78 Å². The maximum atomic E-state index is 11.9. The van der Waals surface area contributed by atoms with E-state index in [4.69, 9.17) is 4.74 Å². The predicted molar refractivity (Wildman–Crippen MR) is 66.8 cm³/mol. The van der Waals surface area contributed by atoms with E-state index in [1.165, 1.54) is 25.7 Å². The zero-order valence-corrected chi connectivity index (χ0v) is 10.9. The molecule has 0 bridgehead atoms. The topological polar surface area (TPSA) is 50.1 Å². The molecule has 2 saturated carbocycles. The Kier molecular flexibility index (Phi) is 2.94. The van der Waals surface area contributed by atoms with E-state index in [0.717, 1.165) is 25.7 Å². The SMILES string of the molecule is N#CC1(CC2CCC3(CCCC3)O2)CCCC1=O. The van der Waals surface area contributed by atoms with Crippen LogP contribution in [0.5, 0.6) is 0 Å². The minimum absolute atomic E-state index is 0.114. The Morgan fingerprint density at radius 1 is 1.22 bits per heavy atom. The molecule has 0 aromatic carbocycles. The van der Waals surface area contributed by atoms with Crippen molar-refractivity contribution < 1.29 is 9.53 Å². The average molecular weight is 247 g/mol. The van der Waals surface area contributed by atoms with Crippen molar-refractivity contribution in [3.63, 3.8) is 0 Å². The summed E-state index contributed by atoms with van der Waals surface area (Å²) in [6, 6.07) is 2.30. The molecule has 1 aliphatic heterocycles. The second-order valence-electron chi connectivity index (χ2n) is 6.34. The van der Waals surface area contributed by atoms with E-state index in [9.17, 15) is 10.1 Å². The molecule has 0 amide bonds. The van der Waals surface area contributed by atoms with E-state index < -0.39 is 5.41 Å². The van der Waals surface area contributed by atoms with Crippen LogP contribution in [0.4, 0.5) is 0 Å². The highest BCUT2D eigenvalue weighted by Crippen LogP contribution is 2.47. The van der Waals surface area contributed by atoms with Crippen LogP contribution < -0.4 is 0 Å². The molecule has 98 valence electrons. The summed E-state index contributed by atoms with van der Waals surface area (Å²) >= 11 is 0. The Morgan fingerprint density at radius 3 is 2.61 bits per heavy atom. The standard InChI is InChI=1S/C15H21NO2/c16-11-14(6-3-4-13(14)17)10-12-5-9-15(18-12)7-1-2-8-15/h12H,1-10H2. The Hall–Kier alpha value is -0.880. The molecule has 0 aromatic heterocycles. The minimum atomic E-state index is -0.713. The van der Waals surface area contributed by atoms with E-state index >= 15 is 0 Å². The number of carbonyl (C=O) groups excluding carboxylic acids is 1. The van der Waals surface area contributed by atoms with Gasteiger partial charge in [-0.2, -0.15) is 5.26 Å². The molecule has 3 nitrogen and oxygen atoms in total. The van der Waals surface area contributed by atoms with Crippen LogP contribution in [-0.2, 0) is 9.53 Å². The second kappa shape index (κ2) is 4.35. The van der Waals surface area contributed by atoms with Crippen molar-refractivity contribution in [3.05, 3.63) is 0 Å². The number of Topliss-reactive ketones (excluding diaryl/α,β-unsaturated/α-hetero) is 1. The third kappa shape index (κ3) is 1.87. The number of nitriles is 1. The molecule has 1 saturated heterocycles. The Morgan fingerprint density at radius 2 is 2.00 bits per heavy atom. The summed E-state index contributed by atoms with van der Waals surface area (Å²) in [5.74, 6) is 0.154. The van der Waals surface area contributed by atoms with Crippen molar-refractivity contribution in [3.8, 4) is 6.07 Å². The van der Waals surface area contributed by atoms with Gasteiger partial charge < -0.3 is 4.74 Å². The van der Waals surface area contributed by atoms with Gasteiger partial charge in [-0.25, -0.2) is 0 Å². The normalized spacial score (nSPS) is 38.4. The summed E-state index contributed by atoms with van der Waals surface area (Å²) < 4.78 is 6.24. The molecular weight excluding hydrogens is 226 g/mol. The van der Waals surface area contributed by atoms with Gasteiger partial charge in [-0.3, -0.25) is 4.79 Å². The summed E-state index contributed by atoms with van der Waals surface area (Å²) in [5, 5.41) is 9.38. The van der Waals surface area contributed by atoms with Crippen molar-refractivity contribution >= 4 is 5.78 Å². The van der Waals surface area contributed by atoms with Crippen molar-refractivity contribution in [1.29, 1.82) is 5.26 Å². The van der Waals surface area contributed by atoms with Crippen molar-refractivity contribution in [2.45, 2.75) is 75.9 Å². The summed E-state index contributed by atoms with van der Waals surface area (Å²) in [5.41, 5.74) is -0.599. The lowest BCUT2D eigenvalue weighted by atomic mass is 9.81. The number of carbonyl (C=O) groups is 1. The molecule has 2 unspecified atom stereocenters. The molecule has 2 aliphatic carbocycles. The van der Waals surface area contributed by atoms with Gasteiger partial charge in [0.05, 0.1) is 17.8 Å². The molecule has 1 heterocycles. The summed E-state index contributed by atoms with van der Waals surface area (Å²) in [6.45, 7) is 0. The number of hydrogen-bond donors (Lipinski definition) is 0. The summed E-state index contributed by atoms with van der Waals surface area (Å²) in [7, 11) is 0. The first-order valence-electron chi connectivity index (χ1n) is 7.31. The van der Waals surface area contributed by atoms with E-state index in [1.807, 2.05) is 0 Å². The zero-order valence-electron chi connectivity index (χ0n) is 10.9. The molecule has 1 spiro atoms. The zero-order chi connectivity index (χ0) is 12.6.